The average molecular weight is 482 g/mol. The number of aromatic nitrogens is 3. The van der Waals surface area contributed by atoms with Gasteiger partial charge in [-0.05, 0) is 42.3 Å². The molecule has 0 fully saturated rings. The largest absolute Gasteiger partial charge is 0.485 e. The second kappa shape index (κ2) is 8.96. The van der Waals surface area contributed by atoms with Crippen LogP contribution in [0.15, 0.2) is 69.5 Å². The standard InChI is InChI=1S/C24H20ClN3O4S/c1-3-8-28-23(21-12-30-18-6-4-5-7-19(18)31-21)26-27-24(28)33-13-15-10-22(29)32-20-9-14(2)17(25)11-16(15)20/h3-7,9-11,21H,1,8,12-13H2,2H3. The zero-order valence-electron chi connectivity index (χ0n) is 17.8. The Morgan fingerprint density at radius 2 is 2.06 bits per heavy atom. The van der Waals surface area contributed by atoms with Crippen molar-refractivity contribution in [3.63, 3.8) is 0 Å². The number of benzene rings is 2. The third-order valence-corrected chi connectivity index (χ3v) is 6.74. The second-order valence-electron chi connectivity index (χ2n) is 7.58. The van der Waals surface area contributed by atoms with Crippen molar-refractivity contribution in [3.8, 4) is 11.5 Å². The summed E-state index contributed by atoms with van der Waals surface area (Å²) in [5, 5.41) is 10.9. The number of halogens is 1. The molecule has 3 heterocycles. The van der Waals surface area contributed by atoms with Crippen molar-refractivity contribution in [3.05, 3.63) is 87.5 Å². The minimum atomic E-state index is -0.403. The number of thioether (sulfide) groups is 1. The fourth-order valence-electron chi connectivity index (χ4n) is 3.70. The summed E-state index contributed by atoms with van der Waals surface area (Å²) in [6.45, 7) is 6.58. The number of rotatable bonds is 6. The van der Waals surface area contributed by atoms with Crippen LogP contribution in [0.2, 0.25) is 5.02 Å². The van der Waals surface area contributed by atoms with Crippen molar-refractivity contribution in [2.24, 2.45) is 0 Å². The van der Waals surface area contributed by atoms with Gasteiger partial charge in [0.1, 0.15) is 12.2 Å². The lowest BCUT2D eigenvalue weighted by Crippen LogP contribution is -2.25. The Bertz CT molecular complexity index is 1410. The van der Waals surface area contributed by atoms with E-state index in [0.717, 1.165) is 16.5 Å². The van der Waals surface area contributed by atoms with Crippen LogP contribution in [0.3, 0.4) is 0 Å². The zero-order valence-corrected chi connectivity index (χ0v) is 19.4. The van der Waals surface area contributed by atoms with E-state index < -0.39 is 11.7 Å². The first-order chi connectivity index (χ1) is 16.0. The van der Waals surface area contributed by atoms with Gasteiger partial charge in [-0.25, -0.2) is 4.79 Å². The molecule has 0 radical (unpaired) electrons. The number of nitrogens with zero attached hydrogens (tertiary/aromatic N) is 3. The highest BCUT2D eigenvalue weighted by molar-refractivity contribution is 7.98. The number of ether oxygens (including phenoxy) is 2. The molecule has 168 valence electrons. The fourth-order valence-corrected chi connectivity index (χ4v) is 4.81. The Balaban J connectivity index is 1.43. The predicted octanol–water partition coefficient (Wildman–Crippen LogP) is 5.34. The average Bonchev–Trinajstić information content (AvgIpc) is 3.21. The smallest absolute Gasteiger partial charge is 0.336 e. The molecular weight excluding hydrogens is 462 g/mol. The van der Waals surface area contributed by atoms with Crippen LogP contribution in [-0.2, 0) is 12.3 Å². The van der Waals surface area contributed by atoms with E-state index in [0.29, 0.717) is 52.0 Å². The molecule has 0 saturated heterocycles. The van der Waals surface area contributed by atoms with Gasteiger partial charge in [-0.2, -0.15) is 0 Å². The number of fused-ring (bicyclic) bond motifs is 2. The van der Waals surface area contributed by atoms with Gasteiger partial charge in [0.2, 0.25) is 0 Å². The van der Waals surface area contributed by atoms with Crippen molar-refractivity contribution in [1.82, 2.24) is 14.8 Å². The summed E-state index contributed by atoms with van der Waals surface area (Å²) in [5.74, 6) is 2.53. The van der Waals surface area contributed by atoms with Crippen molar-refractivity contribution < 1.29 is 13.9 Å². The molecule has 33 heavy (non-hydrogen) atoms. The number of hydrogen-bond acceptors (Lipinski definition) is 7. The number of aryl methyl sites for hydroxylation is 1. The van der Waals surface area contributed by atoms with Crippen LogP contribution in [0.1, 0.15) is 23.1 Å². The molecule has 0 bridgehead atoms. The molecule has 9 heteroatoms. The normalized spacial score (nSPS) is 15.0. The van der Waals surface area contributed by atoms with Crippen molar-refractivity contribution in [1.29, 1.82) is 0 Å². The lowest BCUT2D eigenvalue weighted by Gasteiger charge is -2.26. The highest BCUT2D eigenvalue weighted by atomic mass is 35.5. The van der Waals surface area contributed by atoms with Crippen LogP contribution < -0.4 is 15.1 Å². The Kier molecular flexibility index (Phi) is 5.86. The van der Waals surface area contributed by atoms with Gasteiger partial charge in [0.05, 0.1) is 0 Å². The van der Waals surface area contributed by atoms with E-state index in [4.69, 9.17) is 25.5 Å². The molecule has 1 aliphatic rings. The quantitative estimate of drug-likeness (QED) is 0.209. The molecule has 7 nitrogen and oxygen atoms in total. The van der Waals surface area contributed by atoms with Gasteiger partial charge < -0.3 is 13.9 Å². The van der Waals surface area contributed by atoms with Crippen LogP contribution in [0, 0.1) is 6.92 Å². The van der Waals surface area contributed by atoms with Crippen LogP contribution in [0.5, 0.6) is 11.5 Å². The Morgan fingerprint density at radius 3 is 2.88 bits per heavy atom. The monoisotopic (exact) mass is 481 g/mol. The third kappa shape index (κ3) is 4.24. The third-order valence-electron chi connectivity index (χ3n) is 5.32. The van der Waals surface area contributed by atoms with Crippen LogP contribution in [-0.4, -0.2) is 21.4 Å². The van der Waals surface area contributed by atoms with E-state index >= 15 is 0 Å². The van der Waals surface area contributed by atoms with E-state index in [1.807, 2.05) is 41.8 Å². The number of hydrogen-bond donors (Lipinski definition) is 0. The Morgan fingerprint density at radius 1 is 1.24 bits per heavy atom. The topological polar surface area (TPSA) is 79.4 Å². The molecule has 2 aromatic carbocycles. The lowest BCUT2D eigenvalue weighted by molar-refractivity contribution is 0.0821. The maximum atomic E-state index is 12.1. The van der Waals surface area contributed by atoms with Crippen molar-refractivity contribution >= 4 is 34.3 Å². The van der Waals surface area contributed by atoms with Gasteiger partial charge in [-0.15, -0.1) is 16.8 Å². The first kappa shape index (κ1) is 21.6. The van der Waals surface area contributed by atoms with E-state index in [1.54, 1.807) is 12.1 Å². The van der Waals surface area contributed by atoms with E-state index in [-0.39, 0.29) is 0 Å². The zero-order chi connectivity index (χ0) is 22.9. The molecule has 2 aromatic heterocycles. The number of para-hydroxylation sites is 2. The molecule has 0 amide bonds. The van der Waals surface area contributed by atoms with Crippen LogP contribution >= 0.6 is 23.4 Å². The molecule has 4 aromatic rings. The van der Waals surface area contributed by atoms with Crippen LogP contribution in [0.25, 0.3) is 11.0 Å². The fraction of sp³-hybridized carbons (Fsp3) is 0.208. The maximum absolute atomic E-state index is 12.1. The summed E-state index contributed by atoms with van der Waals surface area (Å²) < 4.78 is 19.3. The molecule has 1 unspecified atom stereocenters. The van der Waals surface area contributed by atoms with Gasteiger partial charge in [0.15, 0.2) is 28.6 Å². The highest BCUT2D eigenvalue weighted by Crippen LogP contribution is 2.36. The van der Waals surface area contributed by atoms with Crippen molar-refractivity contribution in [2.75, 3.05) is 6.61 Å². The molecule has 0 spiro atoms. The first-order valence-electron chi connectivity index (χ1n) is 10.3. The summed E-state index contributed by atoms with van der Waals surface area (Å²) >= 11 is 7.78. The molecule has 0 N–H and O–H groups in total. The number of allylic oxidation sites excluding steroid dienone is 1. The van der Waals surface area contributed by atoms with Gasteiger partial charge in [-0.3, -0.25) is 4.57 Å². The first-order valence-corrected chi connectivity index (χ1v) is 11.7. The Hall–Kier alpha value is -3.23. The summed E-state index contributed by atoms with van der Waals surface area (Å²) in [6.07, 6.45) is 1.39. The Labute approximate surface area is 199 Å². The molecular formula is C24H20ClN3O4S. The van der Waals surface area contributed by atoms with Gasteiger partial charge in [-0.1, -0.05) is 41.6 Å². The molecule has 1 aliphatic heterocycles. The summed E-state index contributed by atoms with van der Waals surface area (Å²) in [5.41, 5.74) is 1.77. The van der Waals surface area contributed by atoms with E-state index in [2.05, 4.69) is 16.8 Å². The summed E-state index contributed by atoms with van der Waals surface area (Å²) in [4.78, 5) is 12.1. The summed E-state index contributed by atoms with van der Waals surface area (Å²) in [6, 6.07) is 12.6. The maximum Gasteiger partial charge on any atom is 0.336 e. The molecule has 5 rings (SSSR count). The van der Waals surface area contributed by atoms with Gasteiger partial charge >= 0.3 is 5.63 Å². The molecule has 0 saturated carbocycles. The molecule has 0 aliphatic carbocycles. The summed E-state index contributed by atoms with van der Waals surface area (Å²) in [7, 11) is 0. The SMILES string of the molecule is C=CCn1c(SCc2cc(=O)oc3cc(C)c(Cl)cc23)nnc1C1COc2ccccc2O1. The lowest BCUT2D eigenvalue weighted by atomic mass is 10.1. The highest BCUT2D eigenvalue weighted by Gasteiger charge is 2.28. The second-order valence-corrected chi connectivity index (χ2v) is 8.93. The van der Waals surface area contributed by atoms with Crippen molar-refractivity contribution in [2.45, 2.75) is 30.5 Å². The molecule has 1 atom stereocenters. The minimum Gasteiger partial charge on any atom is -0.485 e. The predicted molar refractivity (Wildman–Crippen MR) is 127 cm³/mol. The van der Waals surface area contributed by atoms with Gasteiger partial charge in [0, 0.05) is 28.8 Å². The van der Waals surface area contributed by atoms with E-state index in [1.165, 1.54) is 17.8 Å². The van der Waals surface area contributed by atoms with Gasteiger partial charge in [0.25, 0.3) is 0 Å². The van der Waals surface area contributed by atoms with Crippen LogP contribution in [0.4, 0.5) is 0 Å². The minimum absolute atomic E-state index is 0.333. The van der Waals surface area contributed by atoms with E-state index in [9.17, 15) is 4.79 Å².